The summed E-state index contributed by atoms with van der Waals surface area (Å²) in [6.07, 6.45) is 0. The van der Waals surface area contributed by atoms with Crippen LogP contribution in [0.5, 0.6) is 0 Å². The summed E-state index contributed by atoms with van der Waals surface area (Å²) in [5, 5.41) is 12.6. The number of aromatic carboxylic acids is 1. The number of carboxylic acids is 1. The van der Waals surface area contributed by atoms with E-state index in [1.807, 2.05) is 0 Å². The Morgan fingerprint density at radius 3 is 2.50 bits per heavy atom. The zero-order valence-electron chi connectivity index (χ0n) is 11.2. The predicted molar refractivity (Wildman–Crippen MR) is 75.5 cm³/mol. The van der Waals surface area contributed by atoms with Gasteiger partial charge in [0.15, 0.2) is 0 Å². The van der Waals surface area contributed by atoms with Crippen LogP contribution in [0.25, 0.3) is 0 Å². The monoisotopic (exact) mass is 269 g/mol. The number of rotatable bonds is 5. The third-order valence-electron chi connectivity index (χ3n) is 3.51. The van der Waals surface area contributed by atoms with Crippen molar-refractivity contribution in [1.29, 1.82) is 0 Å². The van der Waals surface area contributed by atoms with Crippen molar-refractivity contribution in [2.24, 2.45) is 11.3 Å². The van der Waals surface area contributed by atoms with Gasteiger partial charge in [-0.15, -0.1) is 0 Å². The van der Waals surface area contributed by atoms with Gasteiger partial charge in [0.05, 0.1) is 16.3 Å². The van der Waals surface area contributed by atoms with Crippen LogP contribution in [0, 0.1) is 11.3 Å². The summed E-state index contributed by atoms with van der Waals surface area (Å²) >= 11 is 6.06. The molecule has 18 heavy (non-hydrogen) atoms. The molecule has 1 rings (SSSR count). The van der Waals surface area contributed by atoms with E-state index in [1.54, 1.807) is 12.1 Å². The third kappa shape index (κ3) is 3.64. The van der Waals surface area contributed by atoms with Gasteiger partial charge in [0, 0.05) is 6.54 Å². The van der Waals surface area contributed by atoms with Crippen LogP contribution in [0.4, 0.5) is 5.69 Å². The average molecular weight is 270 g/mol. The molecule has 0 saturated carbocycles. The lowest BCUT2D eigenvalue weighted by Gasteiger charge is -2.30. The van der Waals surface area contributed by atoms with Crippen molar-refractivity contribution in [3.63, 3.8) is 0 Å². The molecule has 0 unspecified atom stereocenters. The number of hydrogen-bond acceptors (Lipinski definition) is 2. The number of carbonyl (C=O) groups is 1. The van der Waals surface area contributed by atoms with Gasteiger partial charge in [0.2, 0.25) is 0 Å². The van der Waals surface area contributed by atoms with E-state index in [0.717, 1.165) is 12.2 Å². The quantitative estimate of drug-likeness (QED) is 0.845. The van der Waals surface area contributed by atoms with Crippen LogP contribution >= 0.6 is 11.6 Å². The minimum absolute atomic E-state index is 0.148. The van der Waals surface area contributed by atoms with Gasteiger partial charge in [0.25, 0.3) is 0 Å². The predicted octanol–water partition coefficient (Wildman–Crippen LogP) is 4.13. The topological polar surface area (TPSA) is 49.3 Å². The van der Waals surface area contributed by atoms with Gasteiger partial charge in [-0.05, 0) is 29.5 Å². The van der Waals surface area contributed by atoms with Gasteiger partial charge >= 0.3 is 5.97 Å². The smallest absolute Gasteiger partial charge is 0.335 e. The number of nitrogens with one attached hydrogen (secondary N) is 1. The molecule has 0 saturated heterocycles. The standard InChI is InChI=1S/C14H20ClNO2/c1-9(2)14(3,4)8-16-12-6-5-10(13(17)18)7-11(12)15/h5-7,9,16H,8H2,1-4H3,(H,17,18). The first kappa shape index (κ1) is 14.8. The van der Waals surface area contributed by atoms with Crippen molar-refractivity contribution in [2.45, 2.75) is 27.7 Å². The highest BCUT2D eigenvalue weighted by Crippen LogP contribution is 2.29. The SMILES string of the molecule is CC(C)C(C)(C)CNc1ccc(C(=O)O)cc1Cl. The molecule has 0 aliphatic rings. The Hall–Kier alpha value is -1.22. The number of anilines is 1. The Kier molecular flexibility index (Phi) is 4.63. The Balaban J connectivity index is 2.78. The largest absolute Gasteiger partial charge is 0.478 e. The molecule has 0 heterocycles. The molecule has 0 aliphatic carbocycles. The molecule has 0 aliphatic heterocycles. The van der Waals surface area contributed by atoms with Gasteiger partial charge in [-0.3, -0.25) is 0 Å². The van der Waals surface area contributed by atoms with E-state index >= 15 is 0 Å². The van der Waals surface area contributed by atoms with E-state index < -0.39 is 5.97 Å². The first-order valence-corrected chi connectivity index (χ1v) is 6.38. The molecule has 1 aromatic carbocycles. The van der Waals surface area contributed by atoms with Gasteiger partial charge in [0.1, 0.15) is 0 Å². The fourth-order valence-electron chi connectivity index (χ4n) is 1.32. The van der Waals surface area contributed by atoms with Crippen LogP contribution in [-0.2, 0) is 0 Å². The molecule has 0 spiro atoms. The van der Waals surface area contributed by atoms with Gasteiger partial charge in [-0.1, -0.05) is 39.3 Å². The Morgan fingerprint density at radius 2 is 2.06 bits per heavy atom. The molecular formula is C14H20ClNO2. The van der Waals surface area contributed by atoms with E-state index in [-0.39, 0.29) is 11.0 Å². The molecule has 0 fully saturated rings. The number of hydrogen-bond donors (Lipinski definition) is 2. The Morgan fingerprint density at radius 1 is 1.44 bits per heavy atom. The summed E-state index contributed by atoms with van der Waals surface area (Å²) in [5.74, 6) is -0.423. The zero-order chi connectivity index (χ0) is 13.9. The molecule has 2 N–H and O–H groups in total. The summed E-state index contributed by atoms with van der Waals surface area (Å²) in [6.45, 7) is 9.51. The fraction of sp³-hybridized carbons (Fsp3) is 0.500. The van der Waals surface area contributed by atoms with Crippen molar-refractivity contribution >= 4 is 23.3 Å². The van der Waals surface area contributed by atoms with Crippen LogP contribution in [0.1, 0.15) is 38.1 Å². The van der Waals surface area contributed by atoms with Gasteiger partial charge < -0.3 is 10.4 Å². The van der Waals surface area contributed by atoms with E-state index in [1.165, 1.54) is 6.07 Å². The van der Waals surface area contributed by atoms with E-state index in [9.17, 15) is 4.79 Å². The van der Waals surface area contributed by atoms with Crippen molar-refractivity contribution in [3.8, 4) is 0 Å². The molecule has 1 aromatic rings. The van der Waals surface area contributed by atoms with Gasteiger partial charge in [-0.2, -0.15) is 0 Å². The molecule has 0 atom stereocenters. The zero-order valence-corrected chi connectivity index (χ0v) is 12.0. The molecule has 0 amide bonds. The van der Waals surface area contributed by atoms with Crippen molar-refractivity contribution in [2.75, 3.05) is 11.9 Å². The average Bonchev–Trinajstić information content (AvgIpc) is 2.26. The second-order valence-corrected chi connectivity index (χ2v) is 5.90. The van der Waals surface area contributed by atoms with Gasteiger partial charge in [-0.25, -0.2) is 4.79 Å². The lowest BCUT2D eigenvalue weighted by atomic mass is 9.81. The van der Waals surface area contributed by atoms with E-state index in [4.69, 9.17) is 16.7 Å². The first-order chi connectivity index (χ1) is 8.24. The number of halogens is 1. The second-order valence-electron chi connectivity index (χ2n) is 5.50. The maximum atomic E-state index is 10.8. The molecule has 0 aromatic heterocycles. The van der Waals surface area contributed by atoms with Crippen LogP contribution in [0.3, 0.4) is 0 Å². The molecule has 100 valence electrons. The third-order valence-corrected chi connectivity index (χ3v) is 3.83. The normalized spacial score (nSPS) is 11.7. The Bertz CT molecular complexity index is 441. The maximum absolute atomic E-state index is 10.8. The van der Waals surface area contributed by atoms with Crippen LogP contribution < -0.4 is 5.32 Å². The minimum atomic E-state index is -0.967. The molecule has 0 radical (unpaired) electrons. The number of carboxylic acid groups (broad SMARTS) is 1. The van der Waals surface area contributed by atoms with Crippen molar-refractivity contribution in [1.82, 2.24) is 0 Å². The maximum Gasteiger partial charge on any atom is 0.335 e. The highest BCUT2D eigenvalue weighted by Gasteiger charge is 2.22. The lowest BCUT2D eigenvalue weighted by molar-refractivity contribution is 0.0697. The summed E-state index contributed by atoms with van der Waals surface area (Å²) in [7, 11) is 0. The van der Waals surface area contributed by atoms with E-state index in [2.05, 4.69) is 33.0 Å². The molecular weight excluding hydrogens is 250 g/mol. The van der Waals surface area contributed by atoms with Crippen LogP contribution in [0.2, 0.25) is 5.02 Å². The highest BCUT2D eigenvalue weighted by atomic mass is 35.5. The summed E-state index contributed by atoms with van der Waals surface area (Å²) < 4.78 is 0. The molecule has 0 bridgehead atoms. The second kappa shape index (κ2) is 5.61. The molecule has 3 nitrogen and oxygen atoms in total. The fourth-order valence-corrected chi connectivity index (χ4v) is 1.57. The van der Waals surface area contributed by atoms with Crippen LogP contribution in [-0.4, -0.2) is 17.6 Å². The van der Waals surface area contributed by atoms with Crippen molar-refractivity contribution in [3.05, 3.63) is 28.8 Å². The van der Waals surface area contributed by atoms with E-state index in [0.29, 0.717) is 10.9 Å². The highest BCUT2D eigenvalue weighted by molar-refractivity contribution is 6.33. The first-order valence-electron chi connectivity index (χ1n) is 6.01. The summed E-state index contributed by atoms with van der Waals surface area (Å²) in [5.41, 5.74) is 1.12. The van der Waals surface area contributed by atoms with Crippen molar-refractivity contribution < 1.29 is 9.90 Å². The summed E-state index contributed by atoms with van der Waals surface area (Å²) in [6, 6.07) is 4.73. The molecule has 4 heteroatoms. The summed E-state index contributed by atoms with van der Waals surface area (Å²) in [4.78, 5) is 10.8. The minimum Gasteiger partial charge on any atom is -0.478 e. The lowest BCUT2D eigenvalue weighted by Crippen LogP contribution is -2.28. The Labute approximate surface area is 113 Å². The van der Waals surface area contributed by atoms with Crippen LogP contribution in [0.15, 0.2) is 18.2 Å². The number of benzene rings is 1.